The van der Waals surface area contributed by atoms with Crippen molar-refractivity contribution >= 4 is 23.2 Å². The van der Waals surface area contributed by atoms with E-state index < -0.39 is 0 Å². The summed E-state index contributed by atoms with van der Waals surface area (Å²) in [4.78, 5) is 23.4. The maximum atomic E-state index is 11.9. The zero-order valence-electron chi connectivity index (χ0n) is 13.3. The molecule has 1 heterocycles. The van der Waals surface area contributed by atoms with Crippen LogP contribution >= 0.6 is 0 Å². The largest absolute Gasteiger partial charge is 0.468 e. The molecule has 2 aromatic rings. The number of anilines is 2. The summed E-state index contributed by atoms with van der Waals surface area (Å²) in [5.41, 5.74) is 2.30. The minimum Gasteiger partial charge on any atom is -0.468 e. The smallest absolute Gasteiger partial charge is 0.238 e. The Kier molecular flexibility index (Phi) is 5.94. The van der Waals surface area contributed by atoms with Crippen molar-refractivity contribution in [2.45, 2.75) is 26.8 Å². The summed E-state index contributed by atoms with van der Waals surface area (Å²) >= 11 is 0. The highest BCUT2D eigenvalue weighted by molar-refractivity contribution is 5.95. The maximum absolute atomic E-state index is 11.9. The molecule has 0 aliphatic carbocycles. The molecule has 2 rings (SSSR count). The summed E-state index contributed by atoms with van der Waals surface area (Å²) in [6, 6.07) is 9.06. The van der Waals surface area contributed by atoms with Crippen LogP contribution in [0.15, 0.2) is 41.0 Å². The molecule has 6 heteroatoms. The van der Waals surface area contributed by atoms with Gasteiger partial charge in [0.25, 0.3) is 0 Å². The van der Waals surface area contributed by atoms with E-state index in [0.717, 1.165) is 11.3 Å². The molecular formula is C17H21N3O3. The zero-order chi connectivity index (χ0) is 16.7. The SMILES string of the molecule is CCC(=O)Nc1cc(NC(=O)CNCc2ccco2)ccc1C. The average molecular weight is 315 g/mol. The number of hydrogen-bond donors (Lipinski definition) is 3. The highest BCUT2D eigenvalue weighted by atomic mass is 16.3. The van der Waals surface area contributed by atoms with Gasteiger partial charge < -0.3 is 20.4 Å². The fourth-order valence-corrected chi connectivity index (χ4v) is 1.99. The van der Waals surface area contributed by atoms with E-state index in [1.54, 1.807) is 31.4 Å². The van der Waals surface area contributed by atoms with Crippen LogP contribution < -0.4 is 16.0 Å². The van der Waals surface area contributed by atoms with Gasteiger partial charge in [-0.2, -0.15) is 0 Å². The number of carbonyl (C=O) groups excluding carboxylic acids is 2. The lowest BCUT2D eigenvalue weighted by Crippen LogP contribution is -2.27. The number of nitrogens with one attached hydrogen (secondary N) is 3. The van der Waals surface area contributed by atoms with E-state index in [0.29, 0.717) is 24.3 Å². The lowest BCUT2D eigenvalue weighted by molar-refractivity contribution is -0.116. The predicted molar refractivity (Wildman–Crippen MR) is 89.1 cm³/mol. The molecule has 0 aliphatic heterocycles. The summed E-state index contributed by atoms with van der Waals surface area (Å²) in [7, 11) is 0. The zero-order valence-corrected chi connectivity index (χ0v) is 13.3. The first-order valence-corrected chi connectivity index (χ1v) is 7.52. The third-order valence-electron chi connectivity index (χ3n) is 3.28. The average Bonchev–Trinajstić information content (AvgIpc) is 3.03. The van der Waals surface area contributed by atoms with Gasteiger partial charge in [-0.15, -0.1) is 0 Å². The molecule has 0 spiro atoms. The van der Waals surface area contributed by atoms with E-state index in [9.17, 15) is 9.59 Å². The van der Waals surface area contributed by atoms with Crippen LogP contribution in [0.25, 0.3) is 0 Å². The Morgan fingerprint density at radius 3 is 2.65 bits per heavy atom. The van der Waals surface area contributed by atoms with Crippen LogP contribution in [0, 0.1) is 6.92 Å². The molecule has 0 aliphatic rings. The van der Waals surface area contributed by atoms with E-state index in [1.807, 2.05) is 19.1 Å². The first kappa shape index (κ1) is 16.8. The molecular weight excluding hydrogens is 294 g/mol. The van der Waals surface area contributed by atoms with Crippen molar-refractivity contribution in [3.8, 4) is 0 Å². The molecule has 1 aromatic carbocycles. The normalized spacial score (nSPS) is 10.3. The van der Waals surface area contributed by atoms with Gasteiger partial charge in [0.05, 0.1) is 19.4 Å². The second-order valence-corrected chi connectivity index (χ2v) is 5.16. The topological polar surface area (TPSA) is 83.4 Å². The Balaban J connectivity index is 1.87. The van der Waals surface area contributed by atoms with Crippen LogP contribution in [-0.2, 0) is 16.1 Å². The van der Waals surface area contributed by atoms with Gasteiger partial charge in [0.2, 0.25) is 11.8 Å². The van der Waals surface area contributed by atoms with Crippen molar-refractivity contribution in [2.24, 2.45) is 0 Å². The van der Waals surface area contributed by atoms with Crippen molar-refractivity contribution in [2.75, 3.05) is 17.2 Å². The molecule has 0 atom stereocenters. The van der Waals surface area contributed by atoms with Crippen molar-refractivity contribution in [1.82, 2.24) is 5.32 Å². The van der Waals surface area contributed by atoms with E-state index in [1.165, 1.54) is 0 Å². The Morgan fingerprint density at radius 2 is 1.96 bits per heavy atom. The minimum absolute atomic E-state index is 0.0586. The molecule has 0 unspecified atom stereocenters. The molecule has 3 N–H and O–H groups in total. The quantitative estimate of drug-likeness (QED) is 0.733. The summed E-state index contributed by atoms with van der Waals surface area (Å²) in [5.74, 6) is 0.558. The lowest BCUT2D eigenvalue weighted by atomic mass is 10.1. The summed E-state index contributed by atoms with van der Waals surface area (Å²) in [6.07, 6.45) is 2.00. The minimum atomic E-state index is -0.159. The number of furan rings is 1. The van der Waals surface area contributed by atoms with Crippen LogP contribution in [0.2, 0.25) is 0 Å². The Hall–Kier alpha value is -2.60. The first-order chi connectivity index (χ1) is 11.1. The van der Waals surface area contributed by atoms with Crippen LogP contribution in [0.3, 0.4) is 0 Å². The van der Waals surface area contributed by atoms with E-state index >= 15 is 0 Å². The van der Waals surface area contributed by atoms with E-state index in [-0.39, 0.29) is 18.4 Å². The highest BCUT2D eigenvalue weighted by Gasteiger charge is 2.07. The first-order valence-electron chi connectivity index (χ1n) is 7.52. The molecule has 0 radical (unpaired) electrons. The van der Waals surface area contributed by atoms with Gasteiger partial charge in [-0.05, 0) is 36.8 Å². The lowest BCUT2D eigenvalue weighted by Gasteiger charge is -2.11. The van der Waals surface area contributed by atoms with Gasteiger partial charge in [-0.3, -0.25) is 9.59 Å². The maximum Gasteiger partial charge on any atom is 0.238 e. The highest BCUT2D eigenvalue weighted by Crippen LogP contribution is 2.20. The number of amides is 2. The molecule has 0 saturated carbocycles. The van der Waals surface area contributed by atoms with Crippen molar-refractivity contribution < 1.29 is 14.0 Å². The Labute approximate surface area is 135 Å². The van der Waals surface area contributed by atoms with Gasteiger partial charge in [-0.25, -0.2) is 0 Å². The summed E-state index contributed by atoms with van der Waals surface area (Å²) < 4.78 is 5.18. The van der Waals surface area contributed by atoms with Gasteiger partial charge >= 0.3 is 0 Å². The number of carbonyl (C=O) groups is 2. The fraction of sp³-hybridized carbons (Fsp3) is 0.294. The van der Waals surface area contributed by atoms with Gasteiger partial charge in [-0.1, -0.05) is 13.0 Å². The number of benzene rings is 1. The van der Waals surface area contributed by atoms with Gasteiger partial charge in [0.1, 0.15) is 5.76 Å². The standard InChI is InChI=1S/C17H21N3O3/c1-3-16(21)20-15-9-13(7-6-12(15)2)19-17(22)11-18-10-14-5-4-8-23-14/h4-9,18H,3,10-11H2,1-2H3,(H,19,22)(H,20,21). The van der Waals surface area contributed by atoms with Crippen LogP contribution in [0.5, 0.6) is 0 Å². The third kappa shape index (κ3) is 5.27. The van der Waals surface area contributed by atoms with Crippen molar-refractivity contribution in [3.63, 3.8) is 0 Å². The fourth-order valence-electron chi connectivity index (χ4n) is 1.99. The van der Waals surface area contributed by atoms with Crippen LogP contribution in [-0.4, -0.2) is 18.4 Å². The molecule has 6 nitrogen and oxygen atoms in total. The second kappa shape index (κ2) is 8.14. The van der Waals surface area contributed by atoms with Crippen LogP contribution in [0.4, 0.5) is 11.4 Å². The van der Waals surface area contributed by atoms with Crippen molar-refractivity contribution in [1.29, 1.82) is 0 Å². The second-order valence-electron chi connectivity index (χ2n) is 5.16. The van der Waals surface area contributed by atoms with Gasteiger partial charge in [0, 0.05) is 17.8 Å². The number of hydrogen-bond acceptors (Lipinski definition) is 4. The third-order valence-corrected chi connectivity index (χ3v) is 3.28. The van der Waals surface area contributed by atoms with Crippen LogP contribution in [0.1, 0.15) is 24.7 Å². The van der Waals surface area contributed by atoms with Gasteiger partial charge in [0.15, 0.2) is 0 Å². The number of aryl methyl sites for hydroxylation is 1. The molecule has 2 amide bonds. The predicted octanol–water partition coefficient (Wildman–Crippen LogP) is 2.66. The number of rotatable bonds is 7. The summed E-state index contributed by atoms with van der Waals surface area (Å²) in [6.45, 7) is 4.36. The van der Waals surface area contributed by atoms with Crippen molar-refractivity contribution in [3.05, 3.63) is 47.9 Å². The molecule has 122 valence electrons. The Bertz CT molecular complexity index is 666. The monoisotopic (exact) mass is 315 g/mol. The molecule has 23 heavy (non-hydrogen) atoms. The summed E-state index contributed by atoms with van der Waals surface area (Å²) in [5, 5.41) is 8.61. The molecule has 0 fully saturated rings. The molecule has 0 saturated heterocycles. The molecule has 1 aromatic heterocycles. The molecule has 0 bridgehead atoms. The Morgan fingerprint density at radius 1 is 1.13 bits per heavy atom. The van der Waals surface area contributed by atoms with E-state index in [4.69, 9.17) is 4.42 Å². The van der Waals surface area contributed by atoms with E-state index in [2.05, 4.69) is 16.0 Å².